The number of phenols is 1. The second-order valence-electron chi connectivity index (χ2n) is 30.7. The summed E-state index contributed by atoms with van der Waals surface area (Å²) in [5, 5.41) is 23.0. The molecule has 0 saturated heterocycles. The number of carbonyl (C=O) groups is 4. The maximum absolute atomic E-state index is 13.3. The van der Waals surface area contributed by atoms with Gasteiger partial charge in [0, 0.05) is 38.4 Å². The van der Waals surface area contributed by atoms with Gasteiger partial charge in [0.2, 0.25) is 6.10 Å². The zero-order chi connectivity index (χ0) is 76.0. The van der Waals surface area contributed by atoms with E-state index in [1.165, 1.54) is 43.5 Å². The number of thiophene rings is 1. The Bertz CT molecular complexity index is 3890. The highest BCUT2D eigenvalue weighted by Crippen LogP contribution is 2.64. The summed E-state index contributed by atoms with van der Waals surface area (Å²) in [4.78, 5) is 51.0. The van der Waals surface area contributed by atoms with Crippen LogP contribution in [-0.4, -0.2) is 76.8 Å². The van der Waals surface area contributed by atoms with Gasteiger partial charge in [-0.25, -0.2) is 8.42 Å². The Labute approximate surface area is 647 Å². The monoisotopic (exact) mass is 1790 g/mol. The van der Waals surface area contributed by atoms with Crippen molar-refractivity contribution in [3.8, 4) is 28.7 Å². The first-order chi connectivity index (χ1) is 47.5. The molecule has 21 heteroatoms. The first kappa shape index (κ1) is 86.2. The minimum absolute atomic E-state index is 0.00100. The van der Waals surface area contributed by atoms with Gasteiger partial charge >= 0.3 is 30.1 Å². The molecule has 6 fully saturated rings. The topological polar surface area (TPSA) is 206 Å². The van der Waals surface area contributed by atoms with Gasteiger partial charge in [-0.15, -0.1) is 6.42 Å². The quantitative estimate of drug-likeness (QED) is 0.0239. The Morgan fingerprint density at radius 1 is 0.686 bits per heavy atom. The second-order valence-corrected chi connectivity index (χ2v) is 37.6. The van der Waals surface area contributed by atoms with Crippen LogP contribution in [-0.2, 0) is 48.2 Å². The van der Waals surface area contributed by atoms with Crippen LogP contribution in [0.2, 0.25) is 0 Å². The van der Waals surface area contributed by atoms with E-state index in [1.807, 2.05) is 78.8 Å². The molecule has 13 nitrogen and oxygen atoms in total. The van der Waals surface area contributed by atoms with Crippen molar-refractivity contribution in [2.24, 2.45) is 39.4 Å². The van der Waals surface area contributed by atoms with Gasteiger partial charge < -0.3 is 33.7 Å². The van der Waals surface area contributed by atoms with Crippen molar-refractivity contribution in [2.75, 3.05) is 5.75 Å². The van der Waals surface area contributed by atoms with Crippen molar-refractivity contribution >= 4 is 132 Å². The standard InChI is InChI=1S/C20H29F3O7S.C18H13S.C15H24O2.C12H22O2.C10H14O.C6H3I3O/c1-4-17(2,3)15(24)30-19-8-12-5-13(9-19)7-18(6-12,11-19)16(25)29-14(20(21,22)23)10-31(26,27)28;1-2-8-14(9-3-1)19-17-12-6-4-10-15(17)16-11-5-7-13-18(16)19;1-6-14(4,5)13(16)17-15(7-2)10-8-12(3)9-11-15;1-5-11(2,3)10(13)14-12(4)8-6-7-9-12;1-3-8(2)9-5-4-6-10(11)7-9;7-3-1-4(8)6(10)5(9)2-3/h12-14H,4-11H2,1-3H3,(H,26,27,28);1-13H;2,12H,6,8-11H2,1,3-5H3;5-9H2,1-4H3;4-8,11H,3H2,1-2H3;1-2,10H/q;+1;;;;/p-2. The van der Waals surface area contributed by atoms with Crippen LogP contribution in [0.5, 0.6) is 11.5 Å². The molecule has 4 bridgehead atoms. The number of ether oxygens (including phenoxy) is 4. The summed E-state index contributed by atoms with van der Waals surface area (Å²) in [5.74, 6) is 0.819. The van der Waals surface area contributed by atoms with Crippen LogP contribution in [0.15, 0.2) is 115 Å². The van der Waals surface area contributed by atoms with Crippen LogP contribution < -0.4 is 5.11 Å². The van der Waals surface area contributed by atoms with Crippen LogP contribution in [0.3, 0.4) is 0 Å². The van der Waals surface area contributed by atoms with E-state index in [2.05, 4.69) is 185 Å². The Morgan fingerprint density at radius 2 is 1.16 bits per heavy atom. The highest BCUT2D eigenvalue weighted by Gasteiger charge is 2.64. The smallest absolute Gasteiger partial charge is 0.426 e. The Kier molecular flexibility index (Phi) is 30.6. The Balaban J connectivity index is 0.000000202. The van der Waals surface area contributed by atoms with E-state index in [9.17, 15) is 50.4 Å². The third kappa shape index (κ3) is 23.4. The van der Waals surface area contributed by atoms with Gasteiger partial charge in [0.1, 0.15) is 17.0 Å². The number of aromatic hydroxyl groups is 1. The molecule has 1 heterocycles. The molecule has 560 valence electrons. The van der Waals surface area contributed by atoms with Crippen molar-refractivity contribution in [3.05, 3.63) is 132 Å². The number of hydrogen-bond donors (Lipinski definition) is 1. The molecule has 102 heavy (non-hydrogen) atoms. The van der Waals surface area contributed by atoms with Crippen molar-refractivity contribution in [1.29, 1.82) is 0 Å². The number of fused-ring (bicyclic) bond motifs is 3. The lowest BCUT2D eigenvalue weighted by molar-refractivity contribution is -0.271. The van der Waals surface area contributed by atoms with E-state index in [-0.39, 0.29) is 57.4 Å². The third-order valence-electron chi connectivity index (χ3n) is 21.2. The zero-order valence-corrected chi connectivity index (χ0v) is 69.4. The SMILES string of the molecule is C#CC1(OC(=O)C(C)(C)CC)CCC(C)CC1.CCC(C)(C)C(=O)OC1(C)CCCC1.CCC(C)(C)C(=O)OC12CC3CC(C1)CC(C(=O)OC(CS(=O)(=O)[O-])C(F)(F)F)(C3)C2.CCC(C)c1cccc(O)c1.[O-]c1c(I)cc(I)cc1I.c1ccc(-[s+]2c3ccccc3c3ccccc32)cc1. The highest BCUT2D eigenvalue weighted by molar-refractivity contribution is 14.1. The number of benzene rings is 5. The van der Waals surface area contributed by atoms with Crippen LogP contribution >= 0.6 is 78.2 Å². The van der Waals surface area contributed by atoms with E-state index in [0.717, 1.165) is 74.9 Å². The molecule has 6 aliphatic rings. The van der Waals surface area contributed by atoms with Crippen LogP contribution in [0.25, 0.3) is 25.1 Å². The maximum Gasteiger partial charge on any atom is 0.426 e. The first-order valence-corrected chi connectivity index (χ1v) is 41.6. The molecule has 1 aromatic heterocycles. The molecule has 1 N–H and O–H groups in total. The molecular weight excluding hydrogens is 1680 g/mol. The van der Waals surface area contributed by atoms with Gasteiger partial charge in [-0.05, 0) is 315 Å². The van der Waals surface area contributed by atoms with Gasteiger partial charge in [0.05, 0.1) is 37.5 Å². The number of carbonyl (C=O) groups excluding carboxylic acids is 4. The van der Waals surface area contributed by atoms with Gasteiger partial charge in [0.15, 0.2) is 19.9 Å². The molecule has 0 radical (unpaired) electrons. The summed E-state index contributed by atoms with van der Waals surface area (Å²) >= 11 is 6.31. The summed E-state index contributed by atoms with van der Waals surface area (Å²) in [6, 6.07) is 39.6. The summed E-state index contributed by atoms with van der Waals surface area (Å²) in [6.07, 6.45) is 11.3. The van der Waals surface area contributed by atoms with E-state index in [1.54, 1.807) is 19.9 Å². The van der Waals surface area contributed by atoms with Crippen molar-refractivity contribution in [1.82, 2.24) is 0 Å². The van der Waals surface area contributed by atoms with Gasteiger partial charge in [-0.2, -0.15) is 13.2 Å². The molecule has 6 aliphatic carbocycles. The average molecular weight is 1790 g/mol. The zero-order valence-electron chi connectivity index (χ0n) is 61.3. The van der Waals surface area contributed by atoms with Crippen molar-refractivity contribution < 1.29 is 74.5 Å². The second kappa shape index (κ2) is 36.2. The number of phenolic OH excluding ortho intramolecular Hbond substituents is 1. The molecule has 0 amide bonds. The van der Waals surface area contributed by atoms with E-state index >= 15 is 0 Å². The number of rotatable bonds is 16. The first-order valence-electron chi connectivity index (χ1n) is 35.5. The predicted octanol–water partition coefficient (Wildman–Crippen LogP) is 21.4. The molecule has 4 atom stereocenters. The number of terminal acetylenes is 1. The van der Waals surface area contributed by atoms with Crippen molar-refractivity contribution in [2.45, 2.75) is 241 Å². The van der Waals surface area contributed by atoms with E-state index < -0.39 is 67.5 Å². The van der Waals surface area contributed by atoms with Crippen molar-refractivity contribution in [3.63, 3.8) is 0 Å². The molecule has 5 aromatic carbocycles. The molecule has 4 unspecified atom stereocenters. The normalized spacial score (nSPS) is 22.5. The van der Waals surface area contributed by atoms with Crippen LogP contribution in [0.4, 0.5) is 13.2 Å². The maximum atomic E-state index is 13.3. The largest absolute Gasteiger partial charge is 0.871 e. The Morgan fingerprint density at radius 3 is 1.61 bits per heavy atom. The molecule has 6 saturated carbocycles. The van der Waals surface area contributed by atoms with Crippen LogP contribution in [0.1, 0.15) is 217 Å². The van der Waals surface area contributed by atoms with E-state index in [0.29, 0.717) is 49.7 Å². The summed E-state index contributed by atoms with van der Waals surface area (Å²) < 4.78 is 99.9. The lowest BCUT2D eigenvalue weighted by atomic mass is 9.48. The van der Waals surface area contributed by atoms with Gasteiger partial charge in [-0.1, -0.05) is 108 Å². The number of esters is 4. The molecule has 0 spiro atoms. The Hall–Kier alpha value is -4.75. The van der Waals surface area contributed by atoms with E-state index in [4.69, 9.17) is 25.7 Å². The van der Waals surface area contributed by atoms with Crippen LogP contribution in [0, 0.1) is 62.5 Å². The molecule has 6 aromatic rings. The number of halogens is 6. The minimum Gasteiger partial charge on any atom is -0.871 e. The average Bonchev–Trinajstić information content (AvgIpc) is 0.996. The minimum atomic E-state index is -5.27. The third-order valence-corrected chi connectivity index (χ3v) is 26.4. The number of hydrogen-bond acceptors (Lipinski definition) is 13. The fourth-order valence-corrected chi connectivity index (χ4v) is 20.2. The van der Waals surface area contributed by atoms with Gasteiger partial charge in [0.25, 0.3) is 0 Å². The molecule has 0 aliphatic heterocycles. The molecule has 12 rings (SSSR count). The summed E-state index contributed by atoms with van der Waals surface area (Å²) in [7, 11) is -5.21. The molecular formula is C81H103F3I3O13S2-. The summed E-state index contributed by atoms with van der Waals surface area (Å²) in [6.45, 7) is 25.7. The highest BCUT2D eigenvalue weighted by atomic mass is 127. The number of alkyl halides is 3. The summed E-state index contributed by atoms with van der Waals surface area (Å²) in [5.41, 5.74) is -3.33. The lowest BCUT2D eigenvalue weighted by Crippen LogP contribution is -2.61. The lowest BCUT2D eigenvalue weighted by Gasteiger charge is -2.60. The fourth-order valence-electron chi connectivity index (χ4n) is 13.6. The fraction of sp³-hybridized carbons (Fsp3) is 0.556. The predicted molar refractivity (Wildman–Crippen MR) is 423 cm³/mol. The van der Waals surface area contributed by atoms with Gasteiger partial charge in [-0.3, -0.25) is 19.2 Å².